The zero-order chi connectivity index (χ0) is 12.3. The fourth-order valence-corrected chi connectivity index (χ4v) is 1.88. The Morgan fingerprint density at radius 1 is 1.47 bits per heavy atom. The Balaban J connectivity index is 2.47. The highest BCUT2D eigenvalue weighted by atomic mass is 35.5. The summed E-state index contributed by atoms with van der Waals surface area (Å²) in [6.45, 7) is 0.577. The van der Waals surface area contributed by atoms with Crippen molar-refractivity contribution in [3.8, 4) is 11.4 Å². The maximum Gasteiger partial charge on any atom is 0.121 e. The summed E-state index contributed by atoms with van der Waals surface area (Å²) in [5.41, 5.74) is 7.45. The van der Waals surface area contributed by atoms with Crippen LogP contribution in [0.15, 0.2) is 30.7 Å². The van der Waals surface area contributed by atoms with Gasteiger partial charge in [0.2, 0.25) is 0 Å². The lowest BCUT2D eigenvalue weighted by Gasteiger charge is -2.11. The van der Waals surface area contributed by atoms with Crippen LogP contribution in [0.5, 0.6) is 5.75 Å². The van der Waals surface area contributed by atoms with Gasteiger partial charge in [0.1, 0.15) is 5.75 Å². The molecule has 0 spiro atoms. The van der Waals surface area contributed by atoms with Gasteiger partial charge in [0.05, 0.1) is 24.1 Å². The molecule has 4 nitrogen and oxygen atoms in total. The number of nitrogens with zero attached hydrogens (tertiary/aromatic N) is 2. The van der Waals surface area contributed by atoms with Gasteiger partial charge in [0.15, 0.2) is 0 Å². The molecule has 1 aromatic carbocycles. The molecule has 0 saturated carbocycles. The van der Waals surface area contributed by atoms with Crippen LogP contribution in [-0.4, -0.2) is 23.2 Å². The second-order valence-corrected chi connectivity index (χ2v) is 4.02. The second kappa shape index (κ2) is 5.21. The minimum atomic E-state index is 0.577. The Hall–Kier alpha value is -1.52. The van der Waals surface area contributed by atoms with Gasteiger partial charge in [-0.3, -0.25) is 0 Å². The number of benzene rings is 1. The van der Waals surface area contributed by atoms with E-state index in [-0.39, 0.29) is 0 Å². The second-order valence-electron chi connectivity index (χ2n) is 3.61. The number of imidazole rings is 1. The Kier molecular flexibility index (Phi) is 3.66. The highest BCUT2D eigenvalue weighted by molar-refractivity contribution is 6.32. The number of nitrogens with two attached hydrogens (primary N) is 1. The van der Waals surface area contributed by atoms with E-state index in [9.17, 15) is 0 Å². The third-order valence-electron chi connectivity index (χ3n) is 2.53. The van der Waals surface area contributed by atoms with E-state index in [1.54, 1.807) is 19.6 Å². The Bertz CT molecular complexity index is 510. The summed E-state index contributed by atoms with van der Waals surface area (Å²) in [4.78, 5) is 4.12. The summed E-state index contributed by atoms with van der Waals surface area (Å²) in [5, 5.41) is 0.655. The zero-order valence-corrected chi connectivity index (χ0v) is 10.3. The topological polar surface area (TPSA) is 53.1 Å². The number of methoxy groups -OCH3 is 1. The molecule has 0 aliphatic carbocycles. The zero-order valence-electron chi connectivity index (χ0n) is 9.56. The number of rotatable bonds is 4. The molecule has 0 atom stereocenters. The average molecular weight is 252 g/mol. The van der Waals surface area contributed by atoms with E-state index in [2.05, 4.69) is 4.98 Å². The maximum atomic E-state index is 6.18. The molecule has 0 amide bonds. The monoisotopic (exact) mass is 251 g/mol. The highest BCUT2D eigenvalue weighted by Crippen LogP contribution is 2.26. The normalized spacial score (nSPS) is 10.5. The summed E-state index contributed by atoms with van der Waals surface area (Å²) in [6.07, 6.45) is 4.28. The van der Waals surface area contributed by atoms with Gasteiger partial charge in [0, 0.05) is 24.4 Å². The van der Waals surface area contributed by atoms with Gasteiger partial charge in [-0.05, 0) is 18.7 Å². The van der Waals surface area contributed by atoms with Crippen molar-refractivity contribution in [2.24, 2.45) is 5.73 Å². The van der Waals surface area contributed by atoms with Gasteiger partial charge in [-0.15, -0.1) is 0 Å². The molecule has 0 unspecified atom stereocenters. The van der Waals surface area contributed by atoms with E-state index in [4.69, 9.17) is 22.1 Å². The van der Waals surface area contributed by atoms with Crippen LogP contribution in [0.2, 0.25) is 5.02 Å². The largest absolute Gasteiger partial charge is 0.497 e. The predicted molar refractivity (Wildman–Crippen MR) is 67.9 cm³/mol. The maximum absolute atomic E-state index is 6.18. The van der Waals surface area contributed by atoms with Gasteiger partial charge in [-0.1, -0.05) is 11.6 Å². The van der Waals surface area contributed by atoms with Crippen LogP contribution in [0.1, 0.15) is 5.69 Å². The quantitative estimate of drug-likeness (QED) is 0.905. The number of aromatic nitrogens is 2. The Labute approximate surface area is 105 Å². The number of hydrogen-bond donors (Lipinski definition) is 1. The molecule has 0 aliphatic heterocycles. The minimum absolute atomic E-state index is 0.577. The van der Waals surface area contributed by atoms with Crippen molar-refractivity contribution in [2.75, 3.05) is 13.7 Å². The first-order chi connectivity index (χ1) is 8.26. The summed E-state index contributed by atoms with van der Waals surface area (Å²) in [7, 11) is 1.63. The molecule has 1 aromatic heterocycles. The third kappa shape index (κ3) is 2.43. The van der Waals surface area contributed by atoms with Crippen molar-refractivity contribution in [3.05, 3.63) is 41.4 Å². The minimum Gasteiger partial charge on any atom is -0.497 e. The van der Waals surface area contributed by atoms with Crippen molar-refractivity contribution >= 4 is 11.6 Å². The molecule has 0 fully saturated rings. The van der Waals surface area contributed by atoms with Crippen molar-refractivity contribution < 1.29 is 4.74 Å². The van der Waals surface area contributed by atoms with E-state index in [1.807, 2.05) is 22.8 Å². The van der Waals surface area contributed by atoms with Crippen LogP contribution >= 0.6 is 11.6 Å². The summed E-state index contributed by atoms with van der Waals surface area (Å²) in [6, 6.07) is 5.51. The smallest absolute Gasteiger partial charge is 0.121 e. The van der Waals surface area contributed by atoms with E-state index in [1.165, 1.54) is 0 Å². The van der Waals surface area contributed by atoms with Gasteiger partial charge in [-0.2, -0.15) is 0 Å². The SMILES string of the molecule is COc1ccc(Cl)c(-n2cncc2CCN)c1. The fraction of sp³-hybridized carbons (Fsp3) is 0.250. The van der Waals surface area contributed by atoms with Crippen molar-refractivity contribution in [1.82, 2.24) is 9.55 Å². The number of hydrogen-bond acceptors (Lipinski definition) is 3. The number of halogens is 1. The lowest BCUT2D eigenvalue weighted by atomic mass is 10.2. The van der Waals surface area contributed by atoms with Crippen LogP contribution in [0.3, 0.4) is 0 Å². The van der Waals surface area contributed by atoms with Crippen LogP contribution in [0.25, 0.3) is 5.69 Å². The van der Waals surface area contributed by atoms with E-state index >= 15 is 0 Å². The molecule has 2 N–H and O–H groups in total. The van der Waals surface area contributed by atoms with Crippen LogP contribution in [0.4, 0.5) is 0 Å². The molecule has 2 rings (SSSR count). The predicted octanol–water partition coefficient (Wildman–Crippen LogP) is 2.04. The third-order valence-corrected chi connectivity index (χ3v) is 2.85. The van der Waals surface area contributed by atoms with Crippen molar-refractivity contribution in [2.45, 2.75) is 6.42 Å². The highest BCUT2D eigenvalue weighted by Gasteiger charge is 2.08. The molecule has 0 bridgehead atoms. The molecule has 0 radical (unpaired) electrons. The molecule has 0 saturated heterocycles. The summed E-state index contributed by atoms with van der Waals surface area (Å²) < 4.78 is 7.12. The fourth-order valence-electron chi connectivity index (χ4n) is 1.68. The molecular formula is C12H14ClN3O. The molecule has 17 heavy (non-hydrogen) atoms. The van der Waals surface area contributed by atoms with Crippen LogP contribution in [-0.2, 0) is 6.42 Å². The van der Waals surface area contributed by atoms with Crippen molar-refractivity contribution in [1.29, 1.82) is 0 Å². The Morgan fingerprint density at radius 3 is 3.00 bits per heavy atom. The number of ether oxygens (including phenoxy) is 1. The standard InChI is InChI=1S/C12H14ClN3O/c1-17-10-2-3-11(13)12(6-10)16-8-15-7-9(16)4-5-14/h2-3,6-8H,4-5,14H2,1H3. The summed E-state index contributed by atoms with van der Waals surface area (Å²) >= 11 is 6.18. The first-order valence-electron chi connectivity index (χ1n) is 5.31. The molecule has 2 aromatic rings. The van der Waals surface area contributed by atoms with Gasteiger partial charge in [-0.25, -0.2) is 4.98 Å². The first kappa shape index (κ1) is 12.0. The average Bonchev–Trinajstić information content (AvgIpc) is 2.78. The summed E-state index contributed by atoms with van der Waals surface area (Å²) in [5.74, 6) is 0.761. The molecular weight excluding hydrogens is 238 g/mol. The lowest BCUT2D eigenvalue weighted by molar-refractivity contribution is 0.414. The van der Waals surface area contributed by atoms with Gasteiger partial charge in [0.25, 0.3) is 0 Å². The molecule has 90 valence electrons. The van der Waals surface area contributed by atoms with Crippen LogP contribution < -0.4 is 10.5 Å². The van der Waals surface area contributed by atoms with E-state index in [0.29, 0.717) is 11.6 Å². The lowest BCUT2D eigenvalue weighted by Crippen LogP contribution is -2.07. The van der Waals surface area contributed by atoms with Crippen molar-refractivity contribution in [3.63, 3.8) is 0 Å². The van der Waals surface area contributed by atoms with E-state index < -0.39 is 0 Å². The molecule has 0 aliphatic rings. The van der Waals surface area contributed by atoms with Gasteiger partial charge < -0.3 is 15.0 Å². The molecule has 5 heteroatoms. The molecule has 1 heterocycles. The Morgan fingerprint density at radius 2 is 2.29 bits per heavy atom. The van der Waals surface area contributed by atoms with Crippen LogP contribution in [0, 0.1) is 0 Å². The first-order valence-corrected chi connectivity index (χ1v) is 5.69. The van der Waals surface area contributed by atoms with Gasteiger partial charge >= 0.3 is 0 Å². The van der Waals surface area contributed by atoms with E-state index in [0.717, 1.165) is 23.6 Å².